The van der Waals surface area contributed by atoms with E-state index >= 15 is 0 Å². The van der Waals surface area contributed by atoms with Crippen molar-refractivity contribution >= 4 is 11.6 Å². The van der Waals surface area contributed by atoms with Crippen molar-refractivity contribution in [1.82, 2.24) is 0 Å². The number of carbonyl (C=O) groups excluding carboxylic acids is 2. The average Bonchev–Trinajstić information content (AvgIpc) is 2.44. The van der Waals surface area contributed by atoms with Gasteiger partial charge >= 0.3 is 0 Å². The van der Waals surface area contributed by atoms with E-state index in [0.717, 1.165) is 12.8 Å². The third-order valence-corrected chi connectivity index (χ3v) is 3.65. The van der Waals surface area contributed by atoms with E-state index in [-0.39, 0.29) is 29.5 Å². The van der Waals surface area contributed by atoms with Crippen molar-refractivity contribution in [2.24, 2.45) is 5.41 Å². The van der Waals surface area contributed by atoms with Crippen LogP contribution in [-0.4, -0.2) is 23.8 Å². The molecule has 22 heavy (non-hydrogen) atoms. The number of aryl methyl sites for hydroxylation is 1. The van der Waals surface area contributed by atoms with Gasteiger partial charge in [-0.1, -0.05) is 34.1 Å². The van der Waals surface area contributed by atoms with Gasteiger partial charge in [0.15, 0.2) is 17.3 Å². The lowest BCUT2D eigenvalue weighted by Crippen LogP contribution is -2.23. The summed E-state index contributed by atoms with van der Waals surface area (Å²) in [6.45, 7) is 7.46. The first-order chi connectivity index (χ1) is 10.2. The second-order valence-electron chi connectivity index (χ2n) is 6.56. The van der Waals surface area contributed by atoms with Gasteiger partial charge < -0.3 is 9.84 Å². The number of phenols is 1. The monoisotopic (exact) mass is 306 g/mol. The summed E-state index contributed by atoms with van der Waals surface area (Å²) in [7, 11) is 1.45. The first-order valence-corrected chi connectivity index (χ1v) is 7.67. The molecule has 1 N–H and O–H groups in total. The highest BCUT2D eigenvalue weighted by Crippen LogP contribution is 2.33. The number of ketones is 2. The Morgan fingerprint density at radius 2 is 1.86 bits per heavy atom. The second kappa shape index (κ2) is 7.43. The molecule has 4 heteroatoms. The van der Waals surface area contributed by atoms with Crippen molar-refractivity contribution in [3.8, 4) is 11.5 Å². The van der Waals surface area contributed by atoms with Crippen LogP contribution in [0.5, 0.6) is 11.5 Å². The Hall–Kier alpha value is -1.84. The molecule has 4 nitrogen and oxygen atoms in total. The molecule has 0 aromatic heterocycles. The van der Waals surface area contributed by atoms with Gasteiger partial charge in [0.1, 0.15) is 5.78 Å². The average molecular weight is 306 g/mol. The standard InChI is InChI=1S/C18H26O4/c1-6-7-8-12-9-13(10-15(22-5)17(12)21)14(19)11-16(20)18(2,3)4/h9-10,21H,6-8,11H2,1-5H3. The first kappa shape index (κ1) is 18.2. The molecule has 0 radical (unpaired) electrons. The van der Waals surface area contributed by atoms with Crippen molar-refractivity contribution in [2.75, 3.05) is 7.11 Å². The molecule has 0 fully saturated rings. The molecular weight excluding hydrogens is 280 g/mol. The zero-order chi connectivity index (χ0) is 16.9. The number of unbranched alkanes of at least 4 members (excludes halogenated alkanes) is 1. The van der Waals surface area contributed by atoms with Crippen LogP contribution in [0.25, 0.3) is 0 Å². The van der Waals surface area contributed by atoms with Gasteiger partial charge in [0.05, 0.1) is 13.5 Å². The fourth-order valence-electron chi connectivity index (χ4n) is 2.05. The third-order valence-electron chi connectivity index (χ3n) is 3.65. The molecule has 0 aliphatic rings. The highest BCUT2D eigenvalue weighted by atomic mass is 16.5. The lowest BCUT2D eigenvalue weighted by Gasteiger charge is -2.16. The number of ether oxygens (including phenoxy) is 1. The Bertz CT molecular complexity index is 553. The lowest BCUT2D eigenvalue weighted by atomic mass is 9.86. The van der Waals surface area contributed by atoms with Crippen molar-refractivity contribution in [2.45, 2.75) is 53.4 Å². The Kier molecular flexibility index (Phi) is 6.15. The summed E-state index contributed by atoms with van der Waals surface area (Å²) >= 11 is 0. The van der Waals surface area contributed by atoms with E-state index in [1.165, 1.54) is 13.2 Å². The summed E-state index contributed by atoms with van der Waals surface area (Å²) in [5.41, 5.74) is 0.563. The minimum atomic E-state index is -0.540. The van der Waals surface area contributed by atoms with Crippen molar-refractivity contribution in [3.63, 3.8) is 0 Å². The maximum absolute atomic E-state index is 12.3. The summed E-state index contributed by atoms with van der Waals surface area (Å²) in [5.74, 6) is 0.0189. The molecule has 0 saturated carbocycles. The number of hydrogen-bond acceptors (Lipinski definition) is 4. The lowest BCUT2D eigenvalue weighted by molar-refractivity contribution is -0.125. The van der Waals surface area contributed by atoms with Gasteiger partial charge in [-0.05, 0) is 30.5 Å². The normalized spacial score (nSPS) is 11.3. The largest absolute Gasteiger partial charge is 0.504 e. The highest BCUT2D eigenvalue weighted by Gasteiger charge is 2.25. The number of aromatic hydroxyl groups is 1. The SMILES string of the molecule is CCCCc1cc(C(=O)CC(=O)C(C)(C)C)cc(OC)c1O. The Labute approximate surface area is 132 Å². The van der Waals surface area contributed by atoms with Crippen LogP contribution in [0.3, 0.4) is 0 Å². The molecule has 0 unspecified atom stereocenters. The van der Waals surface area contributed by atoms with E-state index in [1.54, 1.807) is 26.8 Å². The Morgan fingerprint density at radius 3 is 2.36 bits per heavy atom. The quantitative estimate of drug-likeness (QED) is 0.612. The predicted octanol–water partition coefficient (Wildman–Crippen LogP) is 3.93. The fraction of sp³-hybridized carbons (Fsp3) is 0.556. The van der Waals surface area contributed by atoms with E-state index in [1.807, 2.05) is 0 Å². The molecule has 0 atom stereocenters. The van der Waals surface area contributed by atoms with Gasteiger partial charge in [-0.3, -0.25) is 9.59 Å². The van der Waals surface area contributed by atoms with E-state index in [0.29, 0.717) is 17.5 Å². The molecule has 1 aromatic rings. The molecule has 0 heterocycles. The molecule has 0 spiro atoms. The fourth-order valence-corrected chi connectivity index (χ4v) is 2.05. The number of benzene rings is 1. The van der Waals surface area contributed by atoms with Gasteiger partial charge in [0, 0.05) is 11.0 Å². The summed E-state index contributed by atoms with van der Waals surface area (Å²) < 4.78 is 5.14. The number of hydrogen-bond donors (Lipinski definition) is 1. The first-order valence-electron chi connectivity index (χ1n) is 7.67. The molecule has 0 aliphatic heterocycles. The van der Waals surface area contributed by atoms with E-state index in [9.17, 15) is 14.7 Å². The van der Waals surface area contributed by atoms with Crippen molar-refractivity contribution in [3.05, 3.63) is 23.3 Å². The zero-order valence-electron chi connectivity index (χ0n) is 14.2. The molecular formula is C18H26O4. The summed E-state index contributed by atoms with van der Waals surface area (Å²) in [6, 6.07) is 3.18. The topological polar surface area (TPSA) is 63.6 Å². The number of methoxy groups -OCH3 is 1. The van der Waals surface area contributed by atoms with E-state index in [2.05, 4.69) is 6.92 Å². The smallest absolute Gasteiger partial charge is 0.170 e. The third kappa shape index (κ3) is 4.58. The van der Waals surface area contributed by atoms with Crippen LogP contribution >= 0.6 is 0 Å². The number of phenolic OH excluding ortho intramolecular Hbond substituents is 1. The minimum Gasteiger partial charge on any atom is -0.504 e. The van der Waals surface area contributed by atoms with Crippen LogP contribution in [-0.2, 0) is 11.2 Å². The van der Waals surface area contributed by atoms with Crippen LogP contribution in [0.4, 0.5) is 0 Å². The van der Waals surface area contributed by atoms with Crippen LogP contribution in [0.1, 0.15) is 62.9 Å². The predicted molar refractivity (Wildman–Crippen MR) is 86.7 cm³/mol. The van der Waals surface area contributed by atoms with Crippen LogP contribution in [0.15, 0.2) is 12.1 Å². The minimum absolute atomic E-state index is 0.0784. The summed E-state index contributed by atoms with van der Waals surface area (Å²) in [4.78, 5) is 24.4. The molecule has 0 bridgehead atoms. The van der Waals surface area contributed by atoms with E-state index in [4.69, 9.17) is 4.74 Å². The van der Waals surface area contributed by atoms with Gasteiger partial charge in [-0.15, -0.1) is 0 Å². The molecule has 0 saturated heterocycles. The van der Waals surface area contributed by atoms with Crippen LogP contribution in [0.2, 0.25) is 0 Å². The summed E-state index contributed by atoms with van der Waals surface area (Å²) in [6.07, 6.45) is 2.44. The van der Waals surface area contributed by atoms with Gasteiger partial charge in [0.25, 0.3) is 0 Å². The highest BCUT2D eigenvalue weighted by molar-refractivity contribution is 6.09. The molecule has 0 amide bonds. The molecule has 122 valence electrons. The molecule has 0 aliphatic carbocycles. The maximum atomic E-state index is 12.3. The molecule has 1 rings (SSSR count). The van der Waals surface area contributed by atoms with E-state index < -0.39 is 5.41 Å². The molecule has 1 aromatic carbocycles. The van der Waals surface area contributed by atoms with Crippen molar-refractivity contribution < 1.29 is 19.4 Å². The zero-order valence-corrected chi connectivity index (χ0v) is 14.2. The summed E-state index contributed by atoms with van der Waals surface area (Å²) in [5, 5.41) is 10.1. The number of carbonyl (C=O) groups is 2. The van der Waals surface area contributed by atoms with Crippen molar-refractivity contribution in [1.29, 1.82) is 0 Å². The van der Waals surface area contributed by atoms with Gasteiger partial charge in [-0.25, -0.2) is 0 Å². The van der Waals surface area contributed by atoms with Gasteiger partial charge in [-0.2, -0.15) is 0 Å². The second-order valence-corrected chi connectivity index (χ2v) is 6.56. The Balaban J connectivity index is 3.08. The van der Waals surface area contributed by atoms with Crippen LogP contribution < -0.4 is 4.74 Å². The maximum Gasteiger partial charge on any atom is 0.170 e. The van der Waals surface area contributed by atoms with Crippen LogP contribution in [0, 0.1) is 5.41 Å². The number of Topliss-reactive ketones (excluding diaryl/α,β-unsaturated/α-hetero) is 2. The van der Waals surface area contributed by atoms with Gasteiger partial charge in [0.2, 0.25) is 0 Å². The Morgan fingerprint density at radius 1 is 1.23 bits per heavy atom. The number of rotatable bonds is 7.